The summed E-state index contributed by atoms with van der Waals surface area (Å²) in [6.45, 7) is 0. The van der Waals surface area contributed by atoms with E-state index >= 15 is 0 Å². The van der Waals surface area contributed by atoms with Crippen LogP contribution in [0.2, 0.25) is 5.02 Å². The molecule has 0 bridgehead atoms. The third-order valence-corrected chi connectivity index (χ3v) is 3.88. The molecule has 8 heteroatoms. The van der Waals surface area contributed by atoms with Gasteiger partial charge in [-0.1, -0.05) is 29.8 Å². The quantitative estimate of drug-likeness (QED) is 0.613. The topological polar surface area (TPSA) is 85.1 Å². The van der Waals surface area contributed by atoms with Crippen molar-refractivity contribution in [3.8, 4) is 11.3 Å². The zero-order chi connectivity index (χ0) is 17.2. The van der Waals surface area contributed by atoms with Crippen LogP contribution in [0.15, 0.2) is 61.2 Å². The molecule has 122 valence electrons. The number of nitrogens with zero attached hydrogens (tertiary/aromatic N) is 5. The lowest BCUT2D eigenvalue weighted by Gasteiger charge is -2.06. The SMILES string of the molecule is O=C(Nc1ccc2ncc(-c3ccccc3Cl)n2n1)c1cnccn1. The smallest absolute Gasteiger partial charge is 0.277 e. The Morgan fingerprint density at radius 3 is 2.72 bits per heavy atom. The molecule has 0 radical (unpaired) electrons. The highest BCUT2D eigenvalue weighted by molar-refractivity contribution is 6.33. The third kappa shape index (κ3) is 2.92. The van der Waals surface area contributed by atoms with Gasteiger partial charge in [0.15, 0.2) is 11.5 Å². The zero-order valence-electron chi connectivity index (χ0n) is 12.8. The van der Waals surface area contributed by atoms with Crippen molar-refractivity contribution in [1.29, 1.82) is 0 Å². The number of aromatic nitrogens is 5. The summed E-state index contributed by atoms with van der Waals surface area (Å²) in [5.41, 5.74) is 2.39. The number of hydrogen-bond donors (Lipinski definition) is 1. The van der Waals surface area contributed by atoms with Crippen LogP contribution in [-0.2, 0) is 0 Å². The van der Waals surface area contributed by atoms with Gasteiger partial charge >= 0.3 is 0 Å². The van der Waals surface area contributed by atoms with Gasteiger partial charge in [0.1, 0.15) is 5.69 Å². The first-order chi connectivity index (χ1) is 12.2. The number of nitrogens with one attached hydrogen (secondary N) is 1. The number of amides is 1. The number of hydrogen-bond acceptors (Lipinski definition) is 5. The lowest BCUT2D eigenvalue weighted by molar-refractivity contribution is 0.102. The molecule has 3 aromatic heterocycles. The van der Waals surface area contributed by atoms with Gasteiger partial charge in [-0.2, -0.15) is 0 Å². The molecule has 0 saturated carbocycles. The van der Waals surface area contributed by atoms with Gasteiger partial charge in [-0.3, -0.25) is 9.78 Å². The summed E-state index contributed by atoms with van der Waals surface area (Å²) in [7, 11) is 0. The maximum Gasteiger partial charge on any atom is 0.277 e. The molecule has 0 atom stereocenters. The summed E-state index contributed by atoms with van der Waals surface area (Å²) in [5, 5.41) is 7.73. The summed E-state index contributed by atoms with van der Waals surface area (Å²) in [6.07, 6.45) is 6.04. The van der Waals surface area contributed by atoms with Crippen molar-refractivity contribution >= 4 is 29.0 Å². The Bertz CT molecular complexity index is 1060. The first-order valence-corrected chi connectivity index (χ1v) is 7.77. The van der Waals surface area contributed by atoms with E-state index in [9.17, 15) is 4.79 Å². The average Bonchev–Trinajstić information content (AvgIpc) is 3.06. The number of anilines is 1. The highest BCUT2D eigenvalue weighted by Crippen LogP contribution is 2.27. The highest BCUT2D eigenvalue weighted by atomic mass is 35.5. The molecule has 7 nitrogen and oxygen atoms in total. The van der Waals surface area contributed by atoms with Crippen LogP contribution in [0.1, 0.15) is 10.5 Å². The Hall–Kier alpha value is -3.32. The maximum atomic E-state index is 12.2. The molecule has 3 heterocycles. The van der Waals surface area contributed by atoms with Crippen molar-refractivity contribution in [3.63, 3.8) is 0 Å². The molecule has 1 aromatic carbocycles. The molecule has 0 aliphatic rings. The van der Waals surface area contributed by atoms with E-state index in [0.29, 0.717) is 16.5 Å². The van der Waals surface area contributed by atoms with Gasteiger partial charge in [0.05, 0.1) is 23.1 Å². The minimum atomic E-state index is -0.389. The van der Waals surface area contributed by atoms with Crippen LogP contribution in [0, 0.1) is 0 Å². The predicted octanol–water partition coefficient (Wildman–Crippen LogP) is 3.09. The number of carbonyl (C=O) groups excluding carboxylic acids is 1. The molecule has 25 heavy (non-hydrogen) atoms. The van der Waals surface area contributed by atoms with Crippen molar-refractivity contribution in [2.24, 2.45) is 0 Å². The Morgan fingerprint density at radius 2 is 1.92 bits per heavy atom. The second-order valence-corrected chi connectivity index (χ2v) is 5.56. The molecule has 0 spiro atoms. The Kier molecular flexibility index (Phi) is 3.83. The minimum Gasteiger partial charge on any atom is -0.304 e. The first-order valence-electron chi connectivity index (χ1n) is 7.39. The number of imidazole rings is 1. The summed E-state index contributed by atoms with van der Waals surface area (Å²) >= 11 is 6.27. The Morgan fingerprint density at radius 1 is 1.04 bits per heavy atom. The van der Waals surface area contributed by atoms with Crippen LogP contribution in [-0.4, -0.2) is 30.5 Å². The molecule has 4 aromatic rings. The molecule has 0 aliphatic heterocycles. The van der Waals surface area contributed by atoms with Gasteiger partial charge in [-0.15, -0.1) is 5.10 Å². The first kappa shape index (κ1) is 15.2. The van der Waals surface area contributed by atoms with Crippen molar-refractivity contribution < 1.29 is 4.79 Å². The van der Waals surface area contributed by atoms with Crippen molar-refractivity contribution in [2.75, 3.05) is 5.32 Å². The standard InChI is InChI=1S/C17H11ClN6O/c18-12-4-2-1-3-11(12)14-10-21-16-6-5-15(23-24(14)16)22-17(25)13-9-19-7-8-20-13/h1-10H,(H,22,23,25). The third-order valence-electron chi connectivity index (χ3n) is 3.55. The highest BCUT2D eigenvalue weighted by Gasteiger charge is 2.13. The van der Waals surface area contributed by atoms with Crippen LogP contribution in [0.5, 0.6) is 0 Å². The lowest BCUT2D eigenvalue weighted by Crippen LogP contribution is -2.15. The van der Waals surface area contributed by atoms with Crippen LogP contribution >= 0.6 is 11.6 Å². The molecular formula is C17H11ClN6O. The molecule has 0 unspecified atom stereocenters. The molecule has 1 amide bonds. The second kappa shape index (κ2) is 6.29. The predicted molar refractivity (Wildman–Crippen MR) is 93.4 cm³/mol. The largest absolute Gasteiger partial charge is 0.304 e. The number of fused-ring (bicyclic) bond motifs is 1. The van der Waals surface area contributed by atoms with Crippen LogP contribution in [0.3, 0.4) is 0 Å². The molecule has 1 N–H and O–H groups in total. The molecule has 0 saturated heterocycles. The summed E-state index contributed by atoms with van der Waals surface area (Å²) in [5.74, 6) is -0.0196. The van der Waals surface area contributed by atoms with Crippen molar-refractivity contribution in [2.45, 2.75) is 0 Å². The van der Waals surface area contributed by atoms with Crippen LogP contribution in [0.4, 0.5) is 5.82 Å². The van der Waals surface area contributed by atoms with Gasteiger partial charge in [0.25, 0.3) is 5.91 Å². The summed E-state index contributed by atoms with van der Waals surface area (Å²) in [4.78, 5) is 24.4. The van der Waals surface area contributed by atoms with Crippen molar-refractivity contribution in [3.05, 3.63) is 71.9 Å². The normalized spacial score (nSPS) is 10.8. The second-order valence-electron chi connectivity index (χ2n) is 5.16. The molecule has 4 rings (SSSR count). The average molecular weight is 351 g/mol. The number of halogens is 1. The number of benzene rings is 1. The van der Waals surface area contributed by atoms with Gasteiger partial charge in [-0.25, -0.2) is 14.5 Å². The Balaban J connectivity index is 1.72. The van der Waals surface area contributed by atoms with E-state index in [1.54, 1.807) is 28.9 Å². The van der Waals surface area contributed by atoms with Gasteiger partial charge in [0.2, 0.25) is 0 Å². The maximum absolute atomic E-state index is 12.2. The summed E-state index contributed by atoms with van der Waals surface area (Å²) in [6, 6.07) is 10.9. The molecule has 0 fully saturated rings. The van der Waals surface area contributed by atoms with E-state index in [4.69, 9.17) is 11.6 Å². The molecule has 0 aliphatic carbocycles. The van der Waals surface area contributed by atoms with E-state index in [2.05, 4.69) is 25.4 Å². The van der Waals surface area contributed by atoms with E-state index < -0.39 is 0 Å². The number of carbonyl (C=O) groups is 1. The fourth-order valence-corrected chi connectivity index (χ4v) is 2.62. The Labute approximate surface area is 147 Å². The molecular weight excluding hydrogens is 340 g/mol. The van der Waals surface area contributed by atoms with Gasteiger partial charge in [-0.05, 0) is 18.2 Å². The fraction of sp³-hybridized carbons (Fsp3) is 0. The monoisotopic (exact) mass is 350 g/mol. The lowest BCUT2D eigenvalue weighted by atomic mass is 10.2. The zero-order valence-corrected chi connectivity index (χ0v) is 13.6. The fourth-order valence-electron chi connectivity index (χ4n) is 2.39. The van der Waals surface area contributed by atoms with Gasteiger partial charge < -0.3 is 5.32 Å². The summed E-state index contributed by atoms with van der Waals surface area (Å²) < 4.78 is 1.63. The van der Waals surface area contributed by atoms with E-state index in [1.165, 1.54) is 18.6 Å². The van der Waals surface area contributed by atoms with Crippen molar-refractivity contribution in [1.82, 2.24) is 24.6 Å². The van der Waals surface area contributed by atoms with Crippen LogP contribution in [0.25, 0.3) is 16.9 Å². The van der Waals surface area contributed by atoms with E-state index in [1.807, 2.05) is 18.2 Å². The minimum absolute atomic E-state index is 0.210. The van der Waals surface area contributed by atoms with E-state index in [0.717, 1.165) is 11.3 Å². The van der Waals surface area contributed by atoms with E-state index in [-0.39, 0.29) is 11.6 Å². The van der Waals surface area contributed by atoms with Crippen LogP contribution < -0.4 is 5.32 Å². The number of rotatable bonds is 3. The van der Waals surface area contributed by atoms with Gasteiger partial charge in [0, 0.05) is 18.0 Å².